The molecule has 0 saturated carbocycles. The molecule has 12 rings (SSSR count). The average molecular weight is 787 g/mol. The Balaban J connectivity index is 0.777. The minimum absolute atomic E-state index is 0.436. The molecule has 6 aromatic carbocycles. The van der Waals surface area contributed by atoms with E-state index in [0.717, 1.165) is 71.9 Å². The van der Waals surface area contributed by atoms with Crippen LogP contribution in [0.1, 0.15) is 33.6 Å². The second-order valence-electron chi connectivity index (χ2n) is 16.4. The molecule has 0 spiro atoms. The highest BCUT2D eigenvalue weighted by Crippen LogP contribution is 2.38. The fourth-order valence-electron chi connectivity index (χ4n) is 9.86. The highest BCUT2D eigenvalue weighted by atomic mass is 32.1. The van der Waals surface area contributed by atoms with Crippen molar-refractivity contribution < 1.29 is 4.42 Å². The molecule has 0 saturated heterocycles. The van der Waals surface area contributed by atoms with Gasteiger partial charge in [0.25, 0.3) is 0 Å². The van der Waals surface area contributed by atoms with Crippen molar-refractivity contribution in [1.29, 1.82) is 0 Å². The van der Waals surface area contributed by atoms with E-state index in [1.807, 2.05) is 6.20 Å². The van der Waals surface area contributed by atoms with E-state index in [2.05, 4.69) is 152 Å². The van der Waals surface area contributed by atoms with E-state index in [1.54, 1.807) is 17.6 Å². The fraction of sp³-hybridized carbons (Fsp3) is 0.176. The number of rotatable bonds is 10. The fourth-order valence-corrected chi connectivity index (χ4v) is 10.6. The summed E-state index contributed by atoms with van der Waals surface area (Å²) in [5.74, 6) is 1.13. The van der Waals surface area contributed by atoms with E-state index in [9.17, 15) is 0 Å². The predicted octanol–water partition coefficient (Wildman–Crippen LogP) is 10.7. The molecule has 0 aliphatic heterocycles. The maximum atomic E-state index is 5.75. The van der Waals surface area contributed by atoms with Crippen LogP contribution in [0.5, 0.6) is 0 Å². The second kappa shape index (κ2) is 14.2. The van der Waals surface area contributed by atoms with Crippen molar-refractivity contribution in [2.75, 3.05) is 6.54 Å². The summed E-state index contributed by atoms with van der Waals surface area (Å²) in [6.07, 6.45) is 10.1. The molecule has 0 amide bonds. The minimum Gasteiger partial charge on any atom is -0.432 e. The normalized spacial score (nSPS) is 15.3. The zero-order chi connectivity index (χ0) is 38.9. The Hall–Kier alpha value is -6.32. The zero-order valence-corrected chi connectivity index (χ0v) is 33.4. The SMILES string of the molecule is c1ccc2c(c1)CC(NCc1c(-c3ccc4ccc(-c5cccc6c5CC(CNCc5c(-c7ccc8ccccc8c7)nc7occn57)C6)cc4c3)nc3sccn13)C2. The summed E-state index contributed by atoms with van der Waals surface area (Å²) in [7, 11) is 0. The van der Waals surface area contributed by atoms with Crippen LogP contribution in [0.4, 0.5) is 0 Å². The number of aromatic nitrogens is 4. The molecular formula is C51H42N6OS. The van der Waals surface area contributed by atoms with Crippen LogP contribution < -0.4 is 10.6 Å². The molecule has 0 fully saturated rings. The van der Waals surface area contributed by atoms with Gasteiger partial charge in [-0.25, -0.2) is 4.98 Å². The Kier molecular flexibility index (Phi) is 8.35. The van der Waals surface area contributed by atoms with E-state index in [4.69, 9.17) is 14.4 Å². The van der Waals surface area contributed by atoms with Crippen LogP contribution in [0, 0.1) is 5.92 Å². The number of imidazole rings is 2. The molecule has 2 aliphatic rings. The van der Waals surface area contributed by atoms with Crippen LogP contribution in [0.3, 0.4) is 0 Å². The van der Waals surface area contributed by atoms with Gasteiger partial charge in [-0.2, -0.15) is 4.98 Å². The van der Waals surface area contributed by atoms with Crippen molar-refractivity contribution in [3.8, 4) is 33.6 Å². The number of nitrogens with one attached hydrogen (secondary N) is 2. The summed E-state index contributed by atoms with van der Waals surface area (Å²) in [6, 6.07) is 45.0. The van der Waals surface area contributed by atoms with Crippen molar-refractivity contribution in [2.45, 2.75) is 44.8 Å². The molecule has 288 valence electrons. The molecule has 1 atom stereocenters. The Labute approximate surface area is 346 Å². The standard InChI is InChI=1S/C51H42N6OS/c1-2-7-35-24-40(16-13-33(35)6-1)48-46(56-18-20-58-50(56)54-48)30-52-29-32-22-38-10-5-11-44(45(38)23-32)39-15-12-34-14-17-41(26-42(34)25-39)49-47(57-19-21-59-51(57)55-49)31-53-43-27-36-8-3-4-9-37(36)28-43/h1-21,24-26,32,43,52-53H,22-23,27-31H2. The zero-order valence-electron chi connectivity index (χ0n) is 32.6. The van der Waals surface area contributed by atoms with Gasteiger partial charge in [-0.15, -0.1) is 11.3 Å². The molecule has 0 bridgehead atoms. The number of oxazole rings is 1. The maximum absolute atomic E-state index is 5.75. The van der Waals surface area contributed by atoms with Gasteiger partial charge >= 0.3 is 5.84 Å². The maximum Gasteiger partial charge on any atom is 0.306 e. The molecule has 10 aromatic rings. The van der Waals surface area contributed by atoms with Gasteiger partial charge in [0.1, 0.15) is 6.26 Å². The van der Waals surface area contributed by atoms with E-state index in [0.29, 0.717) is 24.3 Å². The number of thiazole rings is 1. The first-order valence-electron chi connectivity index (χ1n) is 20.7. The van der Waals surface area contributed by atoms with Crippen molar-refractivity contribution in [1.82, 2.24) is 29.4 Å². The van der Waals surface area contributed by atoms with Crippen LogP contribution in [-0.4, -0.2) is 31.4 Å². The first-order valence-corrected chi connectivity index (χ1v) is 21.6. The van der Waals surface area contributed by atoms with Crippen LogP contribution in [-0.2, 0) is 38.8 Å². The molecule has 7 nitrogen and oxygen atoms in total. The summed E-state index contributed by atoms with van der Waals surface area (Å²) in [6.45, 7) is 2.40. The van der Waals surface area contributed by atoms with E-state index >= 15 is 0 Å². The number of hydrogen-bond acceptors (Lipinski definition) is 6. The van der Waals surface area contributed by atoms with Crippen molar-refractivity contribution in [3.63, 3.8) is 0 Å². The lowest BCUT2D eigenvalue weighted by molar-refractivity contribution is 0.495. The Morgan fingerprint density at radius 3 is 2.15 bits per heavy atom. The summed E-state index contributed by atoms with van der Waals surface area (Å²) >= 11 is 1.70. The molecule has 0 radical (unpaired) electrons. The lowest BCUT2D eigenvalue weighted by atomic mass is 9.94. The van der Waals surface area contributed by atoms with Gasteiger partial charge in [0, 0.05) is 48.0 Å². The smallest absolute Gasteiger partial charge is 0.306 e. The third kappa shape index (κ3) is 6.18. The first-order chi connectivity index (χ1) is 29.2. The number of hydrogen-bond donors (Lipinski definition) is 2. The van der Waals surface area contributed by atoms with E-state index in [1.165, 1.54) is 60.6 Å². The molecule has 2 aliphatic carbocycles. The van der Waals surface area contributed by atoms with Gasteiger partial charge in [0.2, 0.25) is 0 Å². The number of benzene rings is 6. The third-order valence-corrected chi connectivity index (χ3v) is 13.5. The molecule has 1 unspecified atom stereocenters. The van der Waals surface area contributed by atoms with Gasteiger partial charge in [-0.3, -0.25) is 8.80 Å². The molecule has 59 heavy (non-hydrogen) atoms. The van der Waals surface area contributed by atoms with E-state index in [-0.39, 0.29) is 0 Å². The average Bonchev–Trinajstić information content (AvgIpc) is 4.13. The molecule has 8 heteroatoms. The molecule has 2 N–H and O–H groups in total. The first kappa shape index (κ1) is 34.7. The van der Waals surface area contributed by atoms with Gasteiger partial charge in [0.15, 0.2) is 4.96 Å². The van der Waals surface area contributed by atoms with Crippen LogP contribution in [0.15, 0.2) is 150 Å². The topological polar surface area (TPSA) is 71.8 Å². The highest BCUT2D eigenvalue weighted by molar-refractivity contribution is 7.15. The number of nitrogens with zero attached hydrogens (tertiary/aromatic N) is 4. The van der Waals surface area contributed by atoms with Gasteiger partial charge in [-0.05, 0) is 111 Å². The van der Waals surface area contributed by atoms with E-state index < -0.39 is 0 Å². The molecular weight excluding hydrogens is 745 g/mol. The van der Waals surface area contributed by atoms with Gasteiger partial charge < -0.3 is 15.1 Å². The Morgan fingerprint density at radius 1 is 0.610 bits per heavy atom. The highest BCUT2D eigenvalue weighted by Gasteiger charge is 2.26. The van der Waals surface area contributed by atoms with Crippen LogP contribution in [0.25, 0.3) is 66.0 Å². The van der Waals surface area contributed by atoms with Crippen molar-refractivity contribution in [2.24, 2.45) is 5.92 Å². The van der Waals surface area contributed by atoms with Crippen molar-refractivity contribution >= 4 is 43.7 Å². The van der Waals surface area contributed by atoms with Crippen molar-refractivity contribution in [3.05, 3.63) is 179 Å². The lowest BCUT2D eigenvalue weighted by Crippen LogP contribution is -2.29. The third-order valence-electron chi connectivity index (χ3n) is 12.8. The van der Waals surface area contributed by atoms with Crippen LogP contribution in [0.2, 0.25) is 0 Å². The Morgan fingerprint density at radius 2 is 1.31 bits per heavy atom. The predicted molar refractivity (Wildman–Crippen MR) is 239 cm³/mol. The monoisotopic (exact) mass is 786 g/mol. The largest absolute Gasteiger partial charge is 0.432 e. The summed E-state index contributed by atoms with van der Waals surface area (Å²) in [5, 5.41) is 14.8. The molecule has 4 aromatic heterocycles. The Bertz CT molecular complexity index is 3180. The summed E-state index contributed by atoms with van der Waals surface area (Å²) < 4.78 is 10.1. The second-order valence-corrected chi connectivity index (χ2v) is 17.2. The summed E-state index contributed by atoms with van der Waals surface area (Å²) in [4.78, 5) is 11.1. The van der Waals surface area contributed by atoms with Crippen LogP contribution >= 0.6 is 11.3 Å². The summed E-state index contributed by atoms with van der Waals surface area (Å²) in [5.41, 5.74) is 15.1. The van der Waals surface area contributed by atoms with Gasteiger partial charge in [-0.1, -0.05) is 103 Å². The lowest BCUT2D eigenvalue weighted by Gasteiger charge is -2.14. The quantitative estimate of drug-likeness (QED) is 0.144. The molecule has 4 heterocycles. The van der Waals surface area contributed by atoms with Gasteiger partial charge in [0.05, 0.1) is 22.8 Å². The number of fused-ring (bicyclic) bond motifs is 6. The minimum atomic E-state index is 0.436.